The minimum atomic E-state index is -0.959. The zero-order valence-electron chi connectivity index (χ0n) is 13.2. The van der Waals surface area contributed by atoms with Crippen molar-refractivity contribution in [2.24, 2.45) is 0 Å². The average molecular weight is 326 g/mol. The molecule has 3 rings (SSSR count). The fourth-order valence-corrected chi connectivity index (χ4v) is 3.41. The molecule has 2 aromatic carbocycles. The van der Waals surface area contributed by atoms with E-state index in [1.807, 2.05) is 60.7 Å². The van der Waals surface area contributed by atoms with E-state index in [9.17, 15) is 14.9 Å². The van der Waals surface area contributed by atoms with Gasteiger partial charge in [-0.3, -0.25) is 20.2 Å². The number of nitrogens with zero attached hydrogens (tertiary/aromatic N) is 1. The van der Waals surface area contributed by atoms with Gasteiger partial charge in [-0.05, 0) is 11.1 Å². The van der Waals surface area contributed by atoms with Crippen LogP contribution in [0.15, 0.2) is 60.7 Å². The van der Waals surface area contributed by atoms with E-state index in [1.165, 1.54) is 7.11 Å². The van der Waals surface area contributed by atoms with Crippen molar-refractivity contribution in [3.8, 4) is 0 Å². The molecule has 0 unspecified atom stereocenters. The highest BCUT2D eigenvalue weighted by molar-refractivity contribution is 5.78. The Labute approximate surface area is 139 Å². The number of nitro groups is 1. The van der Waals surface area contributed by atoms with Crippen LogP contribution < -0.4 is 5.32 Å². The van der Waals surface area contributed by atoms with E-state index in [2.05, 4.69) is 5.32 Å². The van der Waals surface area contributed by atoms with Crippen LogP contribution >= 0.6 is 0 Å². The Morgan fingerprint density at radius 1 is 1.04 bits per heavy atom. The number of benzene rings is 2. The van der Waals surface area contributed by atoms with Crippen molar-refractivity contribution >= 4 is 5.97 Å². The Morgan fingerprint density at radius 2 is 1.58 bits per heavy atom. The first-order valence-corrected chi connectivity index (χ1v) is 7.70. The first-order chi connectivity index (χ1) is 11.6. The predicted octanol–water partition coefficient (Wildman–Crippen LogP) is 2.30. The van der Waals surface area contributed by atoms with E-state index >= 15 is 0 Å². The monoisotopic (exact) mass is 326 g/mol. The van der Waals surface area contributed by atoms with Gasteiger partial charge in [0.2, 0.25) is 6.04 Å². The number of methoxy groups -OCH3 is 1. The van der Waals surface area contributed by atoms with E-state index in [4.69, 9.17) is 4.74 Å². The number of hydrogen-bond acceptors (Lipinski definition) is 5. The Kier molecular flexibility index (Phi) is 4.57. The molecule has 2 aromatic rings. The highest BCUT2D eigenvalue weighted by Crippen LogP contribution is 2.40. The summed E-state index contributed by atoms with van der Waals surface area (Å²) in [5.41, 5.74) is 1.53. The smallest absolute Gasteiger partial charge is 0.323 e. The Bertz CT molecular complexity index is 720. The number of rotatable bonds is 4. The molecular formula is C18H18N2O4. The second-order valence-electron chi connectivity index (χ2n) is 5.77. The number of carbonyl (C=O) groups excluding carboxylic acids is 1. The fourth-order valence-electron chi connectivity index (χ4n) is 3.41. The molecule has 1 saturated heterocycles. The quantitative estimate of drug-likeness (QED) is 0.530. The second kappa shape index (κ2) is 6.80. The molecule has 1 aliphatic heterocycles. The zero-order valence-corrected chi connectivity index (χ0v) is 13.2. The normalized spacial score (nSPS) is 26.0. The van der Waals surface area contributed by atoms with Crippen LogP contribution in [0.5, 0.6) is 0 Å². The molecule has 24 heavy (non-hydrogen) atoms. The highest BCUT2D eigenvalue weighted by Gasteiger charge is 2.54. The molecule has 6 nitrogen and oxygen atoms in total. The predicted molar refractivity (Wildman–Crippen MR) is 88.1 cm³/mol. The summed E-state index contributed by atoms with van der Waals surface area (Å²) >= 11 is 0. The highest BCUT2D eigenvalue weighted by atomic mass is 16.6. The van der Waals surface area contributed by atoms with Crippen LogP contribution in [0.3, 0.4) is 0 Å². The summed E-state index contributed by atoms with van der Waals surface area (Å²) in [6.07, 6.45) is 0. The zero-order chi connectivity index (χ0) is 17.1. The summed E-state index contributed by atoms with van der Waals surface area (Å²) < 4.78 is 4.87. The Morgan fingerprint density at radius 3 is 2.08 bits per heavy atom. The standard InChI is InChI=1S/C18H18N2O4/c1-24-18(21)16-14(12-8-4-2-5-9-12)17(20(22)23)15(19-16)13-10-6-3-7-11-13/h2-11,14-17,19H,1H3/t14-,15-,16-,17+/m1/s1. The van der Waals surface area contributed by atoms with Crippen molar-refractivity contribution in [2.45, 2.75) is 24.0 Å². The number of hydrogen-bond donors (Lipinski definition) is 1. The van der Waals surface area contributed by atoms with E-state index in [0.29, 0.717) is 0 Å². The van der Waals surface area contributed by atoms with Crippen molar-refractivity contribution < 1.29 is 14.5 Å². The van der Waals surface area contributed by atoms with Crippen LogP contribution in [0, 0.1) is 10.1 Å². The third kappa shape index (κ3) is 2.88. The van der Waals surface area contributed by atoms with Crippen LogP contribution in [-0.4, -0.2) is 30.1 Å². The fraction of sp³-hybridized carbons (Fsp3) is 0.278. The van der Waals surface area contributed by atoms with Crippen LogP contribution in [0.2, 0.25) is 0 Å². The van der Waals surface area contributed by atoms with Crippen LogP contribution in [0.25, 0.3) is 0 Å². The maximum absolute atomic E-state index is 12.2. The van der Waals surface area contributed by atoms with Gasteiger partial charge in [-0.25, -0.2) is 0 Å². The van der Waals surface area contributed by atoms with Crippen molar-refractivity contribution in [2.75, 3.05) is 7.11 Å². The lowest BCUT2D eigenvalue weighted by molar-refractivity contribution is -0.527. The lowest BCUT2D eigenvalue weighted by Gasteiger charge is -2.19. The van der Waals surface area contributed by atoms with Gasteiger partial charge in [-0.15, -0.1) is 0 Å². The minimum absolute atomic E-state index is 0.300. The third-order valence-electron chi connectivity index (χ3n) is 4.47. The third-order valence-corrected chi connectivity index (χ3v) is 4.47. The van der Waals surface area contributed by atoms with E-state index < -0.39 is 30.0 Å². The molecule has 1 aliphatic rings. The second-order valence-corrected chi connectivity index (χ2v) is 5.77. The molecule has 0 bridgehead atoms. The molecule has 6 heteroatoms. The topological polar surface area (TPSA) is 81.5 Å². The van der Waals surface area contributed by atoms with Gasteiger partial charge in [-0.1, -0.05) is 60.7 Å². The molecule has 0 saturated carbocycles. The maximum atomic E-state index is 12.2. The minimum Gasteiger partial charge on any atom is -0.468 e. The lowest BCUT2D eigenvalue weighted by Crippen LogP contribution is -2.37. The molecule has 0 amide bonds. The van der Waals surface area contributed by atoms with Gasteiger partial charge in [-0.2, -0.15) is 0 Å². The van der Waals surface area contributed by atoms with Crippen LogP contribution in [0.4, 0.5) is 0 Å². The molecule has 1 N–H and O–H groups in total. The van der Waals surface area contributed by atoms with E-state index in [0.717, 1.165) is 11.1 Å². The summed E-state index contributed by atoms with van der Waals surface area (Å²) in [5, 5.41) is 15.0. The molecule has 0 aliphatic carbocycles. The average Bonchev–Trinajstić information content (AvgIpc) is 3.03. The molecule has 0 aromatic heterocycles. The first kappa shape index (κ1) is 16.1. The maximum Gasteiger partial charge on any atom is 0.323 e. The van der Waals surface area contributed by atoms with Crippen LogP contribution in [-0.2, 0) is 9.53 Å². The summed E-state index contributed by atoms with van der Waals surface area (Å²) in [7, 11) is 1.29. The molecule has 4 atom stereocenters. The van der Waals surface area contributed by atoms with Gasteiger partial charge in [0.05, 0.1) is 13.0 Å². The van der Waals surface area contributed by atoms with Crippen molar-refractivity contribution in [1.29, 1.82) is 0 Å². The number of nitrogens with one attached hydrogen (secondary N) is 1. The van der Waals surface area contributed by atoms with Crippen LogP contribution in [0.1, 0.15) is 23.1 Å². The molecule has 124 valence electrons. The van der Waals surface area contributed by atoms with Crippen molar-refractivity contribution in [1.82, 2.24) is 5.32 Å². The van der Waals surface area contributed by atoms with Gasteiger partial charge in [0.1, 0.15) is 12.1 Å². The number of esters is 1. The van der Waals surface area contributed by atoms with Gasteiger partial charge in [0, 0.05) is 4.92 Å². The van der Waals surface area contributed by atoms with Gasteiger partial charge in [0.15, 0.2) is 0 Å². The summed E-state index contributed by atoms with van der Waals surface area (Å²) in [4.78, 5) is 23.8. The molecule has 0 radical (unpaired) electrons. The Hall–Kier alpha value is -2.73. The summed E-state index contributed by atoms with van der Waals surface area (Å²) in [6, 6.07) is 16.0. The largest absolute Gasteiger partial charge is 0.468 e. The first-order valence-electron chi connectivity index (χ1n) is 7.70. The molecule has 1 fully saturated rings. The van der Waals surface area contributed by atoms with Gasteiger partial charge >= 0.3 is 5.97 Å². The van der Waals surface area contributed by atoms with Crippen molar-refractivity contribution in [3.05, 3.63) is 81.9 Å². The molecule has 1 heterocycles. The Balaban J connectivity index is 2.07. The van der Waals surface area contributed by atoms with E-state index in [-0.39, 0.29) is 4.92 Å². The number of ether oxygens (including phenoxy) is 1. The van der Waals surface area contributed by atoms with Crippen molar-refractivity contribution in [3.63, 3.8) is 0 Å². The van der Waals surface area contributed by atoms with Gasteiger partial charge < -0.3 is 4.74 Å². The molecule has 0 spiro atoms. The molecular weight excluding hydrogens is 308 g/mol. The van der Waals surface area contributed by atoms with E-state index in [1.54, 1.807) is 0 Å². The SMILES string of the molecule is COC(=O)[C@@H]1N[C@H](c2ccccc2)[C@@H]([N+](=O)[O-])[C@@H]1c1ccccc1. The van der Waals surface area contributed by atoms with Gasteiger partial charge in [0.25, 0.3) is 0 Å². The summed E-state index contributed by atoms with van der Waals surface area (Å²) in [6.45, 7) is 0. The summed E-state index contributed by atoms with van der Waals surface area (Å²) in [5.74, 6) is -1.09. The number of carbonyl (C=O) groups is 1. The lowest BCUT2D eigenvalue weighted by atomic mass is 9.85.